The van der Waals surface area contributed by atoms with Gasteiger partial charge in [0.25, 0.3) is 0 Å². The van der Waals surface area contributed by atoms with Gasteiger partial charge in [0.05, 0.1) is 9.71 Å². The fourth-order valence-electron chi connectivity index (χ4n) is 1.56. The zero-order chi connectivity index (χ0) is 9.26. The normalized spacial score (nSPS) is 22.0. The number of alkyl halides is 1. The van der Waals surface area contributed by atoms with Crippen LogP contribution in [0.2, 0.25) is 4.34 Å². The molecule has 1 aromatic rings. The van der Waals surface area contributed by atoms with E-state index in [4.69, 9.17) is 23.2 Å². The van der Waals surface area contributed by atoms with E-state index >= 15 is 0 Å². The third kappa shape index (κ3) is 2.49. The van der Waals surface area contributed by atoms with E-state index in [1.54, 1.807) is 11.3 Å². The highest BCUT2D eigenvalue weighted by Gasteiger charge is 2.13. The molecule has 13 heavy (non-hydrogen) atoms. The fourth-order valence-corrected chi connectivity index (χ4v) is 2.99. The fraction of sp³-hybridized carbons (Fsp3) is 0.400. The van der Waals surface area contributed by atoms with Gasteiger partial charge in [-0.2, -0.15) is 0 Å². The van der Waals surface area contributed by atoms with Crippen LogP contribution in [0.1, 0.15) is 17.7 Å². The molecule has 0 aromatic carbocycles. The Kier molecular flexibility index (Phi) is 2.97. The zero-order valence-corrected chi connectivity index (χ0v) is 9.42. The lowest BCUT2D eigenvalue weighted by Crippen LogP contribution is -1.82. The second-order valence-corrected chi connectivity index (χ2v) is 5.62. The van der Waals surface area contributed by atoms with Gasteiger partial charge in [0, 0.05) is 11.3 Å². The molecule has 0 N–H and O–H groups in total. The summed E-state index contributed by atoms with van der Waals surface area (Å²) in [5, 5.41) is 0.255. The van der Waals surface area contributed by atoms with Gasteiger partial charge in [0.2, 0.25) is 0 Å². The quantitative estimate of drug-likeness (QED) is 0.528. The molecular formula is C10H10Cl2S. The molecule has 1 aliphatic rings. The Balaban J connectivity index is 2.02. The maximum absolute atomic E-state index is 5.98. The Morgan fingerprint density at radius 2 is 2.31 bits per heavy atom. The Bertz CT molecular complexity index is 327. The van der Waals surface area contributed by atoms with E-state index in [1.807, 2.05) is 6.07 Å². The molecule has 70 valence electrons. The predicted octanol–water partition coefficient (Wildman–Crippen LogP) is 4.27. The van der Waals surface area contributed by atoms with E-state index in [9.17, 15) is 0 Å². The van der Waals surface area contributed by atoms with Crippen molar-refractivity contribution in [3.63, 3.8) is 0 Å². The number of thiophene rings is 1. The predicted molar refractivity (Wildman–Crippen MR) is 60.0 cm³/mol. The van der Waals surface area contributed by atoms with E-state index in [0.717, 1.165) is 23.6 Å². The molecule has 2 rings (SSSR count). The summed E-state index contributed by atoms with van der Waals surface area (Å²) in [5.41, 5.74) is 1.46. The molecule has 0 spiro atoms. The average Bonchev–Trinajstić information content (AvgIpc) is 2.62. The second-order valence-electron chi connectivity index (χ2n) is 3.26. The van der Waals surface area contributed by atoms with Crippen molar-refractivity contribution in [2.45, 2.75) is 24.6 Å². The maximum atomic E-state index is 5.98. The van der Waals surface area contributed by atoms with Gasteiger partial charge in [-0.3, -0.25) is 0 Å². The Hall–Kier alpha value is 0.0200. The topological polar surface area (TPSA) is 0 Å². The van der Waals surface area contributed by atoms with Crippen molar-refractivity contribution in [3.8, 4) is 0 Å². The average molecular weight is 233 g/mol. The third-order valence-electron chi connectivity index (χ3n) is 2.19. The summed E-state index contributed by atoms with van der Waals surface area (Å²) in [6.07, 6.45) is 5.44. The molecule has 1 atom stereocenters. The summed E-state index contributed by atoms with van der Waals surface area (Å²) in [4.78, 5) is 1.34. The lowest BCUT2D eigenvalue weighted by Gasteiger charge is -1.96. The van der Waals surface area contributed by atoms with Crippen LogP contribution in [-0.2, 0) is 6.42 Å². The number of hydrogen-bond acceptors (Lipinski definition) is 1. The molecular weight excluding hydrogens is 223 g/mol. The summed E-state index contributed by atoms with van der Waals surface area (Å²) in [6, 6.07) is 4.05. The molecule has 0 saturated carbocycles. The Morgan fingerprint density at radius 1 is 1.46 bits per heavy atom. The standard InChI is InChI=1S/C10H10Cl2S/c11-8-2-1-7(5-8)6-9-3-4-10(12)13-9/h3-5,8H,1-2,6H2. The first-order valence-corrected chi connectivity index (χ1v) is 5.95. The van der Waals surface area contributed by atoms with Gasteiger partial charge in [0.15, 0.2) is 0 Å². The number of halogens is 2. The first-order valence-electron chi connectivity index (χ1n) is 4.32. The molecule has 3 heteroatoms. The number of allylic oxidation sites excluding steroid dienone is 2. The molecule has 1 aromatic heterocycles. The largest absolute Gasteiger partial charge is 0.128 e. The minimum Gasteiger partial charge on any atom is -0.128 e. The highest BCUT2D eigenvalue weighted by atomic mass is 35.5. The van der Waals surface area contributed by atoms with Gasteiger partial charge < -0.3 is 0 Å². The third-order valence-corrected chi connectivity index (χ3v) is 3.76. The Morgan fingerprint density at radius 3 is 2.85 bits per heavy atom. The van der Waals surface area contributed by atoms with Gasteiger partial charge in [-0.05, 0) is 25.0 Å². The van der Waals surface area contributed by atoms with Crippen molar-refractivity contribution in [3.05, 3.63) is 33.0 Å². The van der Waals surface area contributed by atoms with E-state index in [1.165, 1.54) is 10.5 Å². The molecule has 0 bridgehead atoms. The first kappa shape index (κ1) is 9.57. The summed E-state index contributed by atoms with van der Waals surface area (Å²) < 4.78 is 0.871. The summed E-state index contributed by atoms with van der Waals surface area (Å²) in [6.45, 7) is 0. The molecule has 0 radical (unpaired) electrons. The smallest absolute Gasteiger partial charge is 0.0931 e. The first-order chi connectivity index (χ1) is 6.24. The molecule has 1 aliphatic carbocycles. The van der Waals surface area contributed by atoms with Gasteiger partial charge in [0.1, 0.15) is 0 Å². The van der Waals surface area contributed by atoms with Crippen LogP contribution in [0.25, 0.3) is 0 Å². The van der Waals surface area contributed by atoms with E-state index in [0.29, 0.717) is 0 Å². The van der Waals surface area contributed by atoms with E-state index < -0.39 is 0 Å². The highest BCUT2D eigenvalue weighted by Crippen LogP contribution is 2.29. The summed E-state index contributed by atoms with van der Waals surface area (Å²) in [7, 11) is 0. The summed E-state index contributed by atoms with van der Waals surface area (Å²) in [5.74, 6) is 0. The van der Waals surface area contributed by atoms with Crippen LogP contribution >= 0.6 is 34.5 Å². The molecule has 0 aliphatic heterocycles. The lowest BCUT2D eigenvalue weighted by molar-refractivity contribution is 0.895. The molecule has 0 nitrogen and oxygen atoms in total. The van der Waals surface area contributed by atoms with Gasteiger partial charge in [-0.25, -0.2) is 0 Å². The van der Waals surface area contributed by atoms with Gasteiger partial charge >= 0.3 is 0 Å². The van der Waals surface area contributed by atoms with Crippen LogP contribution in [0, 0.1) is 0 Å². The van der Waals surface area contributed by atoms with Gasteiger partial charge in [-0.15, -0.1) is 22.9 Å². The lowest BCUT2D eigenvalue weighted by atomic mass is 10.1. The molecule has 0 fully saturated rings. The molecule has 1 heterocycles. The zero-order valence-electron chi connectivity index (χ0n) is 7.09. The van der Waals surface area contributed by atoms with Crippen molar-refractivity contribution >= 4 is 34.5 Å². The van der Waals surface area contributed by atoms with Crippen LogP contribution < -0.4 is 0 Å². The number of rotatable bonds is 2. The van der Waals surface area contributed by atoms with Crippen molar-refractivity contribution in [1.82, 2.24) is 0 Å². The van der Waals surface area contributed by atoms with Crippen LogP contribution in [0.5, 0.6) is 0 Å². The van der Waals surface area contributed by atoms with Crippen molar-refractivity contribution in [2.75, 3.05) is 0 Å². The highest BCUT2D eigenvalue weighted by molar-refractivity contribution is 7.16. The van der Waals surface area contributed by atoms with Crippen LogP contribution in [-0.4, -0.2) is 5.38 Å². The molecule has 0 amide bonds. The maximum Gasteiger partial charge on any atom is 0.0931 e. The van der Waals surface area contributed by atoms with Crippen molar-refractivity contribution in [1.29, 1.82) is 0 Å². The van der Waals surface area contributed by atoms with Crippen LogP contribution in [0.15, 0.2) is 23.8 Å². The minimum absolute atomic E-state index is 0.255. The van der Waals surface area contributed by atoms with E-state index in [2.05, 4.69) is 12.1 Å². The van der Waals surface area contributed by atoms with Crippen molar-refractivity contribution in [2.24, 2.45) is 0 Å². The molecule has 0 saturated heterocycles. The van der Waals surface area contributed by atoms with E-state index in [-0.39, 0.29) is 5.38 Å². The van der Waals surface area contributed by atoms with Gasteiger partial charge in [-0.1, -0.05) is 23.3 Å². The SMILES string of the molecule is Clc1ccc(CC2=CC(Cl)CC2)s1. The van der Waals surface area contributed by atoms with Crippen LogP contribution in [0.3, 0.4) is 0 Å². The van der Waals surface area contributed by atoms with Crippen molar-refractivity contribution < 1.29 is 0 Å². The second kappa shape index (κ2) is 4.04. The molecule has 1 unspecified atom stereocenters. The monoisotopic (exact) mass is 232 g/mol. The Labute approximate surface area is 92.2 Å². The van der Waals surface area contributed by atoms with Crippen LogP contribution in [0.4, 0.5) is 0 Å². The summed E-state index contributed by atoms with van der Waals surface area (Å²) >= 11 is 13.5. The number of hydrogen-bond donors (Lipinski definition) is 0. The minimum atomic E-state index is 0.255.